The molecule has 20 heavy (non-hydrogen) atoms. The maximum absolute atomic E-state index is 8.39. The van der Waals surface area contributed by atoms with E-state index in [2.05, 4.69) is 35.4 Å². The molecular weight excluding hydrogens is 272 g/mol. The first-order valence-corrected chi connectivity index (χ1v) is 7.77. The van der Waals surface area contributed by atoms with Crippen molar-refractivity contribution in [1.82, 2.24) is 14.0 Å². The van der Waals surface area contributed by atoms with E-state index in [0.717, 1.165) is 37.2 Å². The lowest BCUT2D eigenvalue weighted by Gasteiger charge is -2.18. The maximum Gasteiger partial charge on any atom is 0.203 e. The fourth-order valence-corrected chi connectivity index (χ4v) is 2.78. The molecule has 4 nitrogen and oxygen atoms in total. The number of nitrogens with one attached hydrogen (secondary N) is 1. The van der Waals surface area contributed by atoms with E-state index >= 15 is 0 Å². The van der Waals surface area contributed by atoms with Crippen molar-refractivity contribution in [2.24, 2.45) is 0 Å². The molecule has 0 atom stereocenters. The third-order valence-electron chi connectivity index (χ3n) is 3.82. The van der Waals surface area contributed by atoms with E-state index in [9.17, 15) is 0 Å². The molecule has 0 fully saturated rings. The third-order valence-corrected chi connectivity index (χ3v) is 3.99. The number of nitrogens with zero attached hydrogens (tertiary/aromatic N) is 3. The van der Waals surface area contributed by atoms with Gasteiger partial charge in [-0.3, -0.25) is 5.41 Å². The van der Waals surface area contributed by atoms with Crippen molar-refractivity contribution < 1.29 is 0 Å². The molecular formula is C15H23ClN4. The van der Waals surface area contributed by atoms with E-state index in [0.29, 0.717) is 18.0 Å². The first kappa shape index (κ1) is 15.1. The lowest BCUT2D eigenvalue weighted by atomic mass is 10.3. The number of rotatable bonds is 7. The minimum Gasteiger partial charge on any atom is -0.309 e. The van der Waals surface area contributed by atoms with Gasteiger partial charge in [-0.05, 0) is 25.2 Å². The zero-order chi connectivity index (χ0) is 14.5. The molecule has 0 saturated carbocycles. The number of hydrogen-bond acceptors (Lipinski definition) is 2. The third kappa shape index (κ3) is 2.91. The van der Waals surface area contributed by atoms with Crippen LogP contribution in [0.25, 0.3) is 11.0 Å². The Morgan fingerprint density at radius 1 is 1.05 bits per heavy atom. The molecule has 0 amide bonds. The number of hydrogen-bond donors (Lipinski definition) is 1. The number of imidazole rings is 1. The minimum atomic E-state index is 0.528. The Morgan fingerprint density at radius 2 is 1.60 bits per heavy atom. The maximum atomic E-state index is 8.39. The van der Waals surface area contributed by atoms with Gasteiger partial charge in [0.15, 0.2) is 0 Å². The van der Waals surface area contributed by atoms with Crippen LogP contribution in [0.3, 0.4) is 0 Å². The largest absolute Gasteiger partial charge is 0.309 e. The second-order valence-electron chi connectivity index (χ2n) is 4.83. The lowest BCUT2D eigenvalue weighted by Crippen LogP contribution is -2.32. The highest BCUT2D eigenvalue weighted by Crippen LogP contribution is 2.12. The topological polar surface area (TPSA) is 37.0 Å². The average molecular weight is 295 g/mol. The number of para-hydroxylation sites is 2. The van der Waals surface area contributed by atoms with Crippen LogP contribution in [-0.4, -0.2) is 39.5 Å². The average Bonchev–Trinajstić information content (AvgIpc) is 2.74. The van der Waals surface area contributed by atoms with Gasteiger partial charge < -0.3 is 14.0 Å². The van der Waals surface area contributed by atoms with E-state index in [-0.39, 0.29) is 0 Å². The van der Waals surface area contributed by atoms with Gasteiger partial charge in [-0.25, -0.2) is 0 Å². The van der Waals surface area contributed by atoms with Gasteiger partial charge in [0, 0.05) is 25.5 Å². The number of aryl methyl sites for hydroxylation is 1. The van der Waals surface area contributed by atoms with E-state index in [1.165, 1.54) is 0 Å². The van der Waals surface area contributed by atoms with Crippen LogP contribution in [0.15, 0.2) is 24.3 Å². The first-order valence-electron chi connectivity index (χ1n) is 7.23. The van der Waals surface area contributed by atoms with Crippen molar-refractivity contribution >= 4 is 22.6 Å². The number of benzene rings is 1. The van der Waals surface area contributed by atoms with Gasteiger partial charge >= 0.3 is 0 Å². The number of aromatic nitrogens is 2. The second-order valence-corrected chi connectivity index (χ2v) is 5.21. The van der Waals surface area contributed by atoms with E-state index in [1.54, 1.807) is 0 Å². The summed E-state index contributed by atoms with van der Waals surface area (Å²) in [5, 5.41) is 8.39. The van der Waals surface area contributed by atoms with Crippen molar-refractivity contribution in [3.05, 3.63) is 29.9 Å². The summed E-state index contributed by atoms with van der Waals surface area (Å²) >= 11 is 5.87. The van der Waals surface area contributed by atoms with Gasteiger partial charge in [0.05, 0.1) is 11.0 Å². The van der Waals surface area contributed by atoms with E-state index in [1.807, 2.05) is 16.7 Å². The zero-order valence-electron chi connectivity index (χ0n) is 12.3. The van der Waals surface area contributed by atoms with Crippen LogP contribution >= 0.6 is 11.6 Å². The Morgan fingerprint density at radius 3 is 2.10 bits per heavy atom. The highest BCUT2D eigenvalue weighted by atomic mass is 35.5. The summed E-state index contributed by atoms with van der Waals surface area (Å²) in [5.74, 6) is 0.528. The Bertz CT molecular complexity index is 610. The summed E-state index contributed by atoms with van der Waals surface area (Å²) in [5.41, 5.74) is 2.76. The fraction of sp³-hybridized carbons (Fsp3) is 0.533. The molecule has 0 aliphatic rings. The molecule has 1 aromatic heterocycles. The van der Waals surface area contributed by atoms with Gasteiger partial charge in [0.25, 0.3) is 0 Å². The molecule has 0 aliphatic heterocycles. The predicted octanol–water partition coefficient (Wildman–Crippen LogP) is 2.50. The van der Waals surface area contributed by atoms with Gasteiger partial charge in [-0.1, -0.05) is 26.0 Å². The smallest absolute Gasteiger partial charge is 0.203 e. The Kier molecular flexibility index (Phi) is 5.26. The van der Waals surface area contributed by atoms with Crippen LogP contribution in [0.2, 0.25) is 0 Å². The molecule has 2 aromatic rings. The van der Waals surface area contributed by atoms with Crippen LogP contribution in [-0.2, 0) is 13.1 Å². The molecule has 1 heterocycles. The van der Waals surface area contributed by atoms with Gasteiger partial charge in [0.2, 0.25) is 5.62 Å². The molecule has 0 spiro atoms. The quantitative estimate of drug-likeness (QED) is 0.783. The summed E-state index contributed by atoms with van der Waals surface area (Å²) in [4.78, 5) is 2.38. The van der Waals surface area contributed by atoms with E-state index in [4.69, 9.17) is 17.0 Å². The molecule has 1 N–H and O–H groups in total. The summed E-state index contributed by atoms with van der Waals surface area (Å²) in [6, 6.07) is 8.19. The summed E-state index contributed by atoms with van der Waals surface area (Å²) in [6.45, 7) is 8.93. The Labute approximate surface area is 125 Å². The molecule has 0 aliphatic carbocycles. The lowest BCUT2D eigenvalue weighted by molar-refractivity contribution is 0.289. The Balaban J connectivity index is 2.37. The molecule has 0 unspecified atom stereocenters. The summed E-state index contributed by atoms with van der Waals surface area (Å²) in [6.07, 6.45) is 0. The number of halogens is 1. The Hall–Kier alpha value is -1.26. The number of alkyl halides is 1. The zero-order valence-corrected chi connectivity index (χ0v) is 13.0. The fourth-order valence-electron chi connectivity index (χ4n) is 2.61. The van der Waals surface area contributed by atoms with Crippen LogP contribution in [0.5, 0.6) is 0 Å². The minimum absolute atomic E-state index is 0.528. The van der Waals surface area contributed by atoms with Gasteiger partial charge in [-0.2, -0.15) is 0 Å². The summed E-state index contributed by atoms with van der Waals surface area (Å²) in [7, 11) is 0. The van der Waals surface area contributed by atoms with Crippen molar-refractivity contribution in [3.8, 4) is 0 Å². The molecule has 2 rings (SSSR count). The van der Waals surface area contributed by atoms with Crippen molar-refractivity contribution in [3.63, 3.8) is 0 Å². The van der Waals surface area contributed by atoms with Crippen molar-refractivity contribution in [2.45, 2.75) is 26.9 Å². The highest BCUT2D eigenvalue weighted by molar-refractivity contribution is 6.17. The monoisotopic (exact) mass is 294 g/mol. The van der Waals surface area contributed by atoms with Crippen LogP contribution in [0.4, 0.5) is 0 Å². The van der Waals surface area contributed by atoms with Crippen LogP contribution in [0, 0.1) is 5.41 Å². The molecule has 110 valence electrons. The van der Waals surface area contributed by atoms with Crippen molar-refractivity contribution in [1.29, 1.82) is 5.41 Å². The number of likely N-dealkylation sites (N-methyl/N-ethyl adjacent to an activating group) is 1. The van der Waals surface area contributed by atoms with Crippen LogP contribution in [0.1, 0.15) is 13.8 Å². The molecule has 5 heteroatoms. The standard InChI is InChI=1S/C15H23ClN4/c1-3-18(4-2)11-12-20-14-8-6-5-7-13(14)19(10-9-16)15(20)17/h5-8,17H,3-4,9-12H2,1-2H3. The summed E-state index contributed by atoms with van der Waals surface area (Å²) < 4.78 is 4.07. The highest BCUT2D eigenvalue weighted by Gasteiger charge is 2.10. The SMILES string of the molecule is CCN(CC)CCn1c(=N)n(CCCl)c2ccccc21. The number of fused-ring (bicyclic) bond motifs is 1. The van der Waals surface area contributed by atoms with Crippen LogP contribution < -0.4 is 5.62 Å². The van der Waals surface area contributed by atoms with Gasteiger partial charge in [0.1, 0.15) is 0 Å². The van der Waals surface area contributed by atoms with E-state index < -0.39 is 0 Å². The van der Waals surface area contributed by atoms with Crippen molar-refractivity contribution in [2.75, 3.05) is 25.5 Å². The molecule has 0 radical (unpaired) electrons. The normalized spacial score (nSPS) is 11.6. The molecule has 1 aromatic carbocycles. The molecule has 0 bridgehead atoms. The first-order chi connectivity index (χ1) is 9.72. The molecule has 0 saturated heterocycles. The second kappa shape index (κ2) is 6.95. The predicted molar refractivity (Wildman–Crippen MR) is 84.3 cm³/mol. The van der Waals surface area contributed by atoms with Gasteiger partial charge in [-0.15, -0.1) is 11.6 Å².